The summed E-state index contributed by atoms with van der Waals surface area (Å²) in [5.74, 6) is 0.412. The van der Waals surface area contributed by atoms with Gasteiger partial charge in [-0.15, -0.1) is 0 Å². The molecule has 4 rings (SSSR count). The minimum atomic E-state index is -4.01. The van der Waals surface area contributed by atoms with E-state index >= 15 is 0 Å². The molecule has 0 aromatic heterocycles. The third kappa shape index (κ3) is 8.62. The van der Waals surface area contributed by atoms with Crippen LogP contribution in [0.15, 0.2) is 53.4 Å². The van der Waals surface area contributed by atoms with E-state index in [1.165, 1.54) is 16.4 Å². The number of carbonyl (C=O) groups is 1. The van der Waals surface area contributed by atoms with Crippen molar-refractivity contribution in [1.29, 1.82) is 0 Å². The summed E-state index contributed by atoms with van der Waals surface area (Å²) in [6, 6.07) is 14.3. The second kappa shape index (κ2) is 14.6. The Bertz CT molecular complexity index is 1250. The number of likely N-dealkylation sites (N-methyl/N-ethyl adjacent to an activating group) is 1. The van der Waals surface area contributed by atoms with Crippen LogP contribution >= 0.6 is 0 Å². The van der Waals surface area contributed by atoms with Crippen LogP contribution in [0.4, 0.5) is 4.79 Å². The first-order chi connectivity index (χ1) is 19.6. The number of halogens is 1. The molecule has 1 heterocycles. The molecule has 0 radical (unpaired) electrons. The van der Waals surface area contributed by atoms with Gasteiger partial charge < -0.3 is 0 Å². The van der Waals surface area contributed by atoms with E-state index in [9.17, 15) is 23.4 Å². The fourth-order valence-electron chi connectivity index (χ4n) is 5.18. The van der Waals surface area contributed by atoms with Crippen LogP contribution in [-0.4, -0.2) is 96.6 Å². The number of aliphatic hydroxyl groups excluding tert-OH is 2. The van der Waals surface area contributed by atoms with Crippen LogP contribution in [0.25, 0.3) is 0 Å². The summed E-state index contributed by atoms with van der Waals surface area (Å²) in [6.45, 7) is 2.65. The predicted octanol–water partition coefficient (Wildman–Crippen LogP) is -1.02. The third-order valence-corrected chi connectivity index (χ3v) is 12.7. The monoisotopic (exact) mass is 702 g/mol. The maximum absolute atomic E-state index is 13.8. The molecule has 41 heavy (non-hydrogen) atoms. The number of ether oxygens (including phenoxy) is 2. The van der Waals surface area contributed by atoms with E-state index in [1.807, 2.05) is 56.3 Å². The van der Waals surface area contributed by atoms with Crippen molar-refractivity contribution >= 4 is 16.1 Å². The number of benzene rings is 2. The van der Waals surface area contributed by atoms with Gasteiger partial charge in [0.1, 0.15) is 0 Å². The molecule has 2 aromatic carbocycles. The minimum absolute atomic E-state index is 0.0498. The number of alkyl carbamates (subject to hydrolysis) is 1. The number of sulfonamides is 1. The van der Waals surface area contributed by atoms with Gasteiger partial charge in [-0.05, 0) is 0 Å². The van der Waals surface area contributed by atoms with Crippen molar-refractivity contribution in [2.24, 2.45) is 5.92 Å². The summed E-state index contributed by atoms with van der Waals surface area (Å²) in [4.78, 5) is 14.9. The SMILES string of the molecule is Cc1ccc(S(=O)(=O)N(CCN(C)C)C[C@@H](O)[C@@H](NC(=O)O[C@H]2C[C@H]3CCO[C@H]3C2)[I-]c2ccccc2)cc1CO. The van der Waals surface area contributed by atoms with Crippen LogP contribution in [-0.2, 0) is 26.1 Å². The maximum atomic E-state index is 13.8. The van der Waals surface area contributed by atoms with Gasteiger partial charge >= 0.3 is 254 Å². The Hall–Kier alpha value is -1.81. The normalized spacial score (nSPS) is 22.2. The number of hydrogen-bond acceptors (Lipinski definition) is 8. The molecule has 1 saturated heterocycles. The van der Waals surface area contributed by atoms with Crippen LogP contribution in [0.5, 0.6) is 0 Å². The zero-order valence-corrected chi connectivity index (χ0v) is 26.8. The van der Waals surface area contributed by atoms with E-state index in [0.29, 0.717) is 24.4 Å². The molecule has 1 saturated carbocycles. The quantitative estimate of drug-likeness (QED) is 0.138. The Balaban J connectivity index is 1.52. The molecule has 228 valence electrons. The topological polar surface area (TPSA) is 129 Å². The van der Waals surface area contributed by atoms with Crippen molar-refractivity contribution in [3.63, 3.8) is 0 Å². The molecule has 1 aliphatic carbocycles. The van der Waals surface area contributed by atoms with Crippen LogP contribution in [0.1, 0.15) is 30.4 Å². The Kier molecular flexibility index (Phi) is 11.4. The van der Waals surface area contributed by atoms with E-state index in [-0.39, 0.29) is 36.8 Å². The molecule has 0 bridgehead atoms. The summed E-state index contributed by atoms with van der Waals surface area (Å²) in [5.41, 5.74) is 1.32. The molecule has 5 atom stereocenters. The molecule has 2 aliphatic rings. The Morgan fingerprint density at radius 3 is 2.61 bits per heavy atom. The number of rotatable bonds is 13. The van der Waals surface area contributed by atoms with Crippen LogP contribution in [0.3, 0.4) is 0 Å². The van der Waals surface area contributed by atoms with Gasteiger partial charge in [0.25, 0.3) is 0 Å². The molecule has 12 heteroatoms. The summed E-state index contributed by atoms with van der Waals surface area (Å²) in [7, 11) is -0.318. The second-order valence-corrected chi connectivity index (χ2v) is 16.0. The van der Waals surface area contributed by atoms with E-state index < -0.39 is 47.5 Å². The first-order valence-electron chi connectivity index (χ1n) is 13.9. The molecular formula is C29H41IN3O7S-. The number of nitrogens with one attached hydrogen (secondary N) is 1. The van der Waals surface area contributed by atoms with Crippen LogP contribution in [0, 0.1) is 16.4 Å². The Labute approximate surface area is 253 Å². The van der Waals surface area contributed by atoms with Crippen LogP contribution < -0.4 is 26.5 Å². The Morgan fingerprint density at radius 2 is 1.93 bits per heavy atom. The fraction of sp³-hybridized carbons (Fsp3) is 0.552. The van der Waals surface area contributed by atoms with Crippen molar-refractivity contribution < 1.29 is 54.1 Å². The van der Waals surface area contributed by atoms with E-state index in [4.69, 9.17) is 9.47 Å². The summed E-state index contributed by atoms with van der Waals surface area (Å²) >= 11 is -0.953. The number of amides is 1. The number of nitrogens with zero attached hydrogens (tertiary/aromatic N) is 2. The molecule has 0 spiro atoms. The number of aliphatic hydroxyl groups is 2. The van der Waals surface area contributed by atoms with E-state index in [1.54, 1.807) is 6.07 Å². The van der Waals surface area contributed by atoms with Gasteiger partial charge in [-0.2, -0.15) is 0 Å². The zero-order chi connectivity index (χ0) is 29.6. The van der Waals surface area contributed by atoms with Crippen molar-refractivity contribution in [2.75, 3.05) is 40.3 Å². The summed E-state index contributed by atoms with van der Waals surface area (Å²) in [6.07, 6.45) is 0.520. The summed E-state index contributed by atoms with van der Waals surface area (Å²) < 4.78 is 40.6. The number of hydrogen-bond donors (Lipinski definition) is 3. The van der Waals surface area contributed by atoms with E-state index in [0.717, 1.165) is 28.6 Å². The number of fused-ring (bicyclic) bond motifs is 1. The van der Waals surface area contributed by atoms with Crippen LogP contribution in [0.2, 0.25) is 0 Å². The number of aryl methyl sites for hydroxylation is 1. The van der Waals surface area contributed by atoms with Gasteiger partial charge in [-0.1, -0.05) is 0 Å². The van der Waals surface area contributed by atoms with Gasteiger partial charge in [0.05, 0.1) is 0 Å². The average Bonchev–Trinajstić information content (AvgIpc) is 3.53. The van der Waals surface area contributed by atoms with Gasteiger partial charge in [0.2, 0.25) is 0 Å². The van der Waals surface area contributed by atoms with E-state index in [2.05, 4.69) is 5.32 Å². The van der Waals surface area contributed by atoms with Crippen molar-refractivity contribution in [1.82, 2.24) is 14.5 Å². The zero-order valence-electron chi connectivity index (χ0n) is 23.8. The predicted molar refractivity (Wildman–Crippen MR) is 150 cm³/mol. The summed E-state index contributed by atoms with van der Waals surface area (Å²) in [5, 5.41) is 24.1. The first kappa shape index (κ1) is 32.1. The Morgan fingerprint density at radius 1 is 1.17 bits per heavy atom. The van der Waals surface area contributed by atoms with Gasteiger partial charge in [0, 0.05) is 0 Å². The molecular weight excluding hydrogens is 661 g/mol. The molecule has 2 aromatic rings. The fourth-order valence-corrected chi connectivity index (χ4v) is 9.34. The number of alkyl halides is 1. The molecule has 2 fully saturated rings. The molecule has 1 aliphatic heterocycles. The number of carbonyl (C=O) groups excluding carboxylic acids is 1. The van der Waals surface area contributed by atoms with Crippen molar-refractivity contribution in [3.8, 4) is 0 Å². The molecule has 3 N–H and O–H groups in total. The molecule has 0 unspecified atom stereocenters. The standard InChI is InChI=1S/C29H41IN3O7S/c1-20-9-10-25(16-22(20)19-34)41(37,38)33(13-12-32(2)3)18-26(35)28(30-23-7-5-4-6-8-23)31-29(36)40-24-15-21-11-14-39-27(21)17-24/h4-10,16,21,24,26-28,34-35H,11-15,17-19H2,1-3H3,(H,31,36)/q-1/t21-,24+,26-,27+,28-/m1/s1. The van der Waals surface area contributed by atoms with Crippen molar-refractivity contribution in [3.05, 3.63) is 63.2 Å². The van der Waals surface area contributed by atoms with Gasteiger partial charge in [-0.25, -0.2) is 0 Å². The van der Waals surface area contributed by atoms with Gasteiger partial charge in [-0.3, -0.25) is 0 Å². The van der Waals surface area contributed by atoms with Crippen molar-refractivity contribution in [2.45, 2.75) is 60.0 Å². The third-order valence-electron chi connectivity index (χ3n) is 7.57. The molecule has 1 amide bonds. The first-order valence-corrected chi connectivity index (χ1v) is 17.6. The average molecular weight is 703 g/mol. The second-order valence-electron chi connectivity index (χ2n) is 10.9. The molecule has 10 nitrogen and oxygen atoms in total. The van der Waals surface area contributed by atoms with Gasteiger partial charge in [0.15, 0.2) is 0 Å².